The zero-order valence-corrected chi connectivity index (χ0v) is 18.2. The van der Waals surface area contributed by atoms with E-state index in [0.29, 0.717) is 5.52 Å². The molecular formula is C26H29N3O2. The molecule has 4 aromatic rings. The van der Waals surface area contributed by atoms with Crippen molar-refractivity contribution in [1.29, 1.82) is 0 Å². The summed E-state index contributed by atoms with van der Waals surface area (Å²) in [6, 6.07) is 15.5. The molecule has 1 unspecified atom stereocenters. The standard InChI is InChI=1S/C26H29N3O2/c1-17(2)23(25(30)27-19-11-4-3-5-12-19)29-22-15-9-8-14-21(22)28-16-18-10-6-7-13-20(18)24(28)26(29)31/h6-10,13-17,19,23H,3-5,11-12H2,1-2H3,(H,27,30). The van der Waals surface area contributed by atoms with Crippen LogP contribution in [0.3, 0.4) is 0 Å². The molecule has 1 amide bonds. The number of hydrogen-bond acceptors (Lipinski definition) is 2. The minimum absolute atomic E-state index is 0.0200. The number of benzene rings is 2. The molecule has 2 aromatic carbocycles. The summed E-state index contributed by atoms with van der Waals surface area (Å²) in [6.07, 6.45) is 7.61. The molecule has 0 spiro atoms. The van der Waals surface area contributed by atoms with Crippen LogP contribution >= 0.6 is 0 Å². The normalized spacial score (nSPS) is 16.4. The quantitative estimate of drug-likeness (QED) is 0.507. The van der Waals surface area contributed by atoms with Gasteiger partial charge >= 0.3 is 0 Å². The van der Waals surface area contributed by atoms with Crippen molar-refractivity contribution in [1.82, 2.24) is 14.3 Å². The average Bonchev–Trinajstić information content (AvgIpc) is 3.17. The maximum atomic E-state index is 13.9. The number of rotatable bonds is 4. The Labute approximate surface area is 181 Å². The molecule has 2 heterocycles. The number of para-hydroxylation sites is 2. The fourth-order valence-corrected chi connectivity index (χ4v) is 5.19. The van der Waals surface area contributed by atoms with Gasteiger partial charge in [0.25, 0.3) is 5.56 Å². The smallest absolute Gasteiger partial charge is 0.276 e. The van der Waals surface area contributed by atoms with Crippen molar-refractivity contribution in [2.45, 2.75) is 58.0 Å². The van der Waals surface area contributed by atoms with E-state index in [1.54, 1.807) is 4.57 Å². The summed E-state index contributed by atoms with van der Waals surface area (Å²) in [5.74, 6) is -0.0669. The van der Waals surface area contributed by atoms with E-state index in [-0.39, 0.29) is 23.4 Å². The molecule has 1 N–H and O–H groups in total. The van der Waals surface area contributed by atoms with Crippen LogP contribution in [0.15, 0.2) is 59.5 Å². The van der Waals surface area contributed by atoms with Crippen LogP contribution in [0.2, 0.25) is 0 Å². The van der Waals surface area contributed by atoms with Gasteiger partial charge in [-0.3, -0.25) is 14.2 Å². The van der Waals surface area contributed by atoms with Crippen LogP contribution in [-0.4, -0.2) is 20.9 Å². The highest BCUT2D eigenvalue weighted by molar-refractivity contribution is 6.00. The molecule has 0 radical (unpaired) electrons. The Balaban J connectivity index is 1.74. The van der Waals surface area contributed by atoms with Crippen LogP contribution in [0, 0.1) is 5.92 Å². The molecule has 1 fully saturated rings. The minimum atomic E-state index is -0.557. The second-order valence-corrected chi connectivity index (χ2v) is 9.13. The van der Waals surface area contributed by atoms with Gasteiger partial charge in [0.15, 0.2) is 0 Å². The first-order chi connectivity index (χ1) is 15.1. The second kappa shape index (κ2) is 7.88. The molecule has 1 aliphatic rings. The number of nitrogens with one attached hydrogen (secondary N) is 1. The highest BCUT2D eigenvalue weighted by atomic mass is 16.2. The molecule has 0 aliphatic heterocycles. The first-order valence-corrected chi connectivity index (χ1v) is 11.4. The third-order valence-electron chi connectivity index (χ3n) is 6.68. The monoisotopic (exact) mass is 415 g/mol. The molecule has 160 valence electrons. The van der Waals surface area contributed by atoms with E-state index in [9.17, 15) is 9.59 Å². The number of amides is 1. The number of carbonyl (C=O) groups is 1. The van der Waals surface area contributed by atoms with Crippen LogP contribution in [-0.2, 0) is 4.79 Å². The zero-order chi connectivity index (χ0) is 21.5. The van der Waals surface area contributed by atoms with Gasteiger partial charge in [0.05, 0.1) is 11.0 Å². The zero-order valence-electron chi connectivity index (χ0n) is 18.2. The van der Waals surface area contributed by atoms with Gasteiger partial charge in [0.2, 0.25) is 5.91 Å². The van der Waals surface area contributed by atoms with Gasteiger partial charge in [-0.05, 0) is 30.9 Å². The summed E-state index contributed by atoms with van der Waals surface area (Å²) in [7, 11) is 0. The van der Waals surface area contributed by atoms with Crippen molar-refractivity contribution >= 4 is 33.2 Å². The van der Waals surface area contributed by atoms with Crippen molar-refractivity contribution in [2.75, 3.05) is 0 Å². The number of carbonyl (C=O) groups excluding carboxylic acids is 1. The summed E-state index contributed by atoms with van der Waals surface area (Å²) < 4.78 is 3.72. The predicted octanol–water partition coefficient (Wildman–Crippen LogP) is 5.05. The van der Waals surface area contributed by atoms with Crippen LogP contribution in [0.5, 0.6) is 0 Å². The van der Waals surface area contributed by atoms with Crippen molar-refractivity contribution in [3.8, 4) is 0 Å². The van der Waals surface area contributed by atoms with E-state index in [2.05, 4.69) is 5.32 Å². The third kappa shape index (κ3) is 3.32. The molecule has 5 rings (SSSR count). The minimum Gasteiger partial charge on any atom is -0.352 e. The lowest BCUT2D eigenvalue weighted by atomic mass is 9.94. The lowest BCUT2D eigenvalue weighted by molar-refractivity contribution is -0.126. The maximum Gasteiger partial charge on any atom is 0.276 e. The van der Waals surface area contributed by atoms with Crippen LogP contribution < -0.4 is 10.9 Å². The molecule has 0 saturated heterocycles. The molecule has 5 heteroatoms. The van der Waals surface area contributed by atoms with E-state index >= 15 is 0 Å². The molecule has 0 bridgehead atoms. The van der Waals surface area contributed by atoms with Crippen molar-refractivity contribution in [3.63, 3.8) is 0 Å². The van der Waals surface area contributed by atoms with Crippen molar-refractivity contribution in [3.05, 3.63) is 65.1 Å². The Hall–Kier alpha value is -3.08. The number of hydrogen-bond donors (Lipinski definition) is 1. The summed E-state index contributed by atoms with van der Waals surface area (Å²) in [6.45, 7) is 4.04. The molecule has 31 heavy (non-hydrogen) atoms. The van der Waals surface area contributed by atoms with Gasteiger partial charge in [0, 0.05) is 23.0 Å². The van der Waals surface area contributed by atoms with E-state index < -0.39 is 6.04 Å². The SMILES string of the molecule is CC(C)C(C(=O)NC1CCCCC1)n1c(=O)c2c3ccccc3cn2c2ccccc21. The van der Waals surface area contributed by atoms with Gasteiger partial charge in [-0.1, -0.05) is 69.5 Å². The van der Waals surface area contributed by atoms with E-state index in [0.717, 1.165) is 47.5 Å². The average molecular weight is 416 g/mol. The molecule has 2 aromatic heterocycles. The third-order valence-corrected chi connectivity index (χ3v) is 6.68. The fraction of sp³-hybridized carbons (Fsp3) is 0.385. The fourth-order valence-electron chi connectivity index (χ4n) is 5.19. The number of aromatic nitrogens is 2. The lowest BCUT2D eigenvalue weighted by Crippen LogP contribution is -2.45. The Morgan fingerprint density at radius 1 is 0.968 bits per heavy atom. The lowest BCUT2D eigenvalue weighted by Gasteiger charge is -2.29. The van der Waals surface area contributed by atoms with Gasteiger partial charge in [0.1, 0.15) is 11.6 Å². The Morgan fingerprint density at radius 2 is 1.65 bits per heavy atom. The van der Waals surface area contributed by atoms with E-state index in [4.69, 9.17) is 0 Å². The Morgan fingerprint density at radius 3 is 2.39 bits per heavy atom. The van der Waals surface area contributed by atoms with Crippen LogP contribution in [0.1, 0.15) is 52.0 Å². The van der Waals surface area contributed by atoms with E-state index in [1.165, 1.54) is 6.42 Å². The van der Waals surface area contributed by atoms with E-state index in [1.807, 2.05) is 73.0 Å². The second-order valence-electron chi connectivity index (χ2n) is 9.13. The molecular weight excluding hydrogens is 386 g/mol. The van der Waals surface area contributed by atoms with Crippen molar-refractivity contribution < 1.29 is 4.79 Å². The first-order valence-electron chi connectivity index (χ1n) is 11.4. The van der Waals surface area contributed by atoms with Gasteiger partial charge < -0.3 is 9.72 Å². The Kier molecular flexibility index (Phi) is 5.05. The topological polar surface area (TPSA) is 55.5 Å². The summed E-state index contributed by atoms with van der Waals surface area (Å²) >= 11 is 0. The van der Waals surface area contributed by atoms with Crippen molar-refractivity contribution in [2.24, 2.45) is 5.92 Å². The summed E-state index contributed by atoms with van der Waals surface area (Å²) in [5, 5.41) is 5.21. The predicted molar refractivity (Wildman–Crippen MR) is 126 cm³/mol. The Bertz CT molecular complexity index is 1330. The van der Waals surface area contributed by atoms with Crippen LogP contribution in [0.4, 0.5) is 0 Å². The van der Waals surface area contributed by atoms with Gasteiger partial charge in [-0.2, -0.15) is 0 Å². The molecule has 5 nitrogen and oxygen atoms in total. The first kappa shape index (κ1) is 19.9. The van der Waals surface area contributed by atoms with Crippen LogP contribution in [0.25, 0.3) is 27.3 Å². The van der Waals surface area contributed by atoms with Gasteiger partial charge in [-0.25, -0.2) is 0 Å². The maximum absolute atomic E-state index is 13.9. The molecule has 1 atom stereocenters. The summed E-state index contributed by atoms with van der Waals surface area (Å²) in [5.41, 5.74) is 2.24. The highest BCUT2D eigenvalue weighted by Crippen LogP contribution is 2.28. The summed E-state index contributed by atoms with van der Waals surface area (Å²) in [4.78, 5) is 27.4. The number of fused-ring (bicyclic) bond motifs is 5. The van der Waals surface area contributed by atoms with Gasteiger partial charge in [-0.15, -0.1) is 0 Å². The molecule has 1 saturated carbocycles. The largest absolute Gasteiger partial charge is 0.352 e. The highest BCUT2D eigenvalue weighted by Gasteiger charge is 2.30. The molecule has 1 aliphatic carbocycles. The number of nitrogens with zero attached hydrogens (tertiary/aromatic N) is 2.